The molecule has 0 saturated carbocycles. The zero-order chi connectivity index (χ0) is 14.2. The van der Waals surface area contributed by atoms with Gasteiger partial charge in [0, 0.05) is 26.6 Å². The highest BCUT2D eigenvalue weighted by atomic mass is 16.6. The Morgan fingerprint density at radius 2 is 2.32 bits per heavy atom. The van der Waals surface area contributed by atoms with Crippen LogP contribution < -0.4 is 4.90 Å². The molecule has 8 heteroatoms. The van der Waals surface area contributed by atoms with Crippen LogP contribution in [0.3, 0.4) is 0 Å². The van der Waals surface area contributed by atoms with Crippen LogP contribution in [0.4, 0.5) is 11.6 Å². The number of nitro groups is 1. The number of hydrogen-bond donors (Lipinski definition) is 1. The van der Waals surface area contributed by atoms with Gasteiger partial charge in [0.15, 0.2) is 0 Å². The first-order valence-electron chi connectivity index (χ1n) is 6.08. The Kier molecular flexibility index (Phi) is 3.41. The summed E-state index contributed by atoms with van der Waals surface area (Å²) in [5.74, 6) is -0.135. The lowest BCUT2D eigenvalue weighted by Gasteiger charge is -2.24. The second kappa shape index (κ2) is 4.87. The Labute approximate surface area is 109 Å². The monoisotopic (exact) mass is 268 g/mol. The lowest BCUT2D eigenvalue weighted by Crippen LogP contribution is -2.33. The van der Waals surface area contributed by atoms with Gasteiger partial charge in [-0.25, -0.2) is 0 Å². The topological polar surface area (TPSA) is 102 Å². The molecule has 0 aromatic carbocycles. The standard InChI is InChI=1S/C11H16N4O4/c1-7-12-10(15(18)19)11(13(7)2)14-5-3-4-8(14)6-9(16)17/h8H,3-6H2,1-2H3,(H,16,17). The van der Waals surface area contributed by atoms with Gasteiger partial charge in [0.25, 0.3) is 0 Å². The quantitative estimate of drug-likeness (QED) is 0.647. The second-order valence-electron chi connectivity index (χ2n) is 4.71. The number of carbonyl (C=O) groups is 1. The molecule has 0 amide bonds. The largest absolute Gasteiger partial charge is 0.481 e. The van der Waals surface area contributed by atoms with Gasteiger partial charge in [-0.1, -0.05) is 0 Å². The highest BCUT2D eigenvalue weighted by Gasteiger charge is 2.35. The lowest BCUT2D eigenvalue weighted by atomic mass is 10.1. The first-order valence-corrected chi connectivity index (χ1v) is 6.08. The third-order valence-electron chi connectivity index (χ3n) is 3.50. The average molecular weight is 268 g/mol. The van der Waals surface area contributed by atoms with Gasteiger partial charge >= 0.3 is 11.8 Å². The Hall–Kier alpha value is -2.12. The van der Waals surface area contributed by atoms with E-state index in [9.17, 15) is 14.9 Å². The molecule has 0 bridgehead atoms. The van der Waals surface area contributed by atoms with Crippen molar-refractivity contribution in [3.8, 4) is 0 Å². The third kappa shape index (κ3) is 2.38. The summed E-state index contributed by atoms with van der Waals surface area (Å²) < 4.78 is 1.65. The molecule has 1 N–H and O–H groups in total. The summed E-state index contributed by atoms with van der Waals surface area (Å²) >= 11 is 0. The number of carboxylic acids is 1. The molecule has 0 spiro atoms. The predicted octanol–water partition coefficient (Wildman–Crippen LogP) is 1.08. The van der Waals surface area contributed by atoms with E-state index in [4.69, 9.17) is 5.11 Å². The lowest BCUT2D eigenvalue weighted by molar-refractivity contribution is -0.388. The van der Waals surface area contributed by atoms with E-state index in [1.54, 1.807) is 23.4 Å². The van der Waals surface area contributed by atoms with Gasteiger partial charge in [0.2, 0.25) is 11.6 Å². The van der Waals surface area contributed by atoms with Gasteiger partial charge < -0.3 is 20.1 Å². The van der Waals surface area contributed by atoms with Crippen LogP contribution in [0.15, 0.2) is 0 Å². The average Bonchev–Trinajstić information content (AvgIpc) is 2.85. The first kappa shape index (κ1) is 13.3. The zero-order valence-corrected chi connectivity index (χ0v) is 10.9. The van der Waals surface area contributed by atoms with E-state index in [0.29, 0.717) is 18.2 Å². The molecule has 1 aliphatic rings. The van der Waals surface area contributed by atoms with Crippen LogP contribution in [0.2, 0.25) is 0 Å². The van der Waals surface area contributed by atoms with Crippen molar-refractivity contribution in [3.05, 3.63) is 15.9 Å². The molecule has 0 radical (unpaired) electrons. The fraction of sp³-hybridized carbons (Fsp3) is 0.636. The number of aromatic nitrogens is 2. The first-order chi connectivity index (χ1) is 8.91. The Morgan fingerprint density at radius 3 is 2.89 bits per heavy atom. The summed E-state index contributed by atoms with van der Waals surface area (Å²) in [6.45, 7) is 2.32. The maximum Gasteiger partial charge on any atom is 0.406 e. The normalized spacial score (nSPS) is 18.8. The SMILES string of the molecule is Cc1nc([N+](=O)[O-])c(N2CCCC2CC(=O)O)n1C. The molecule has 19 heavy (non-hydrogen) atoms. The molecule has 1 saturated heterocycles. The minimum Gasteiger partial charge on any atom is -0.481 e. The van der Waals surface area contributed by atoms with E-state index in [1.165, 1.54) is 0 Å². The van der Waals surface area contributed by atoms with E-state index >= 15 is 0 Å². The van der Waals surface area contributed by atoms with Gasteiger partial charge in [-0.05, 0) is 22.7 Å². The third-order valence-corrected chi connectivity index (χ3v) is 3.50. The van der Waals surface area contributed by atoms with Gasteiger partial charge in [-0.3, -0.25) is 9.36 Å². The van der Waals surface area contributed by atoms with E-state index < -0.39 is 10.9 Å². The minimum atomic E-state index is -0.890. The summed E-state index contributed by atoms with van der Waals surface area (Å²) in [6.07, 6.45) is 1.55. The predicted molar refractivity (Wildman–Crippen MR) is 67.2 cm³/mol. The number of aryl methyl sites for hydroxylation is 1. The van der Waals surface area contributed by atoms with Crippen LogP contribution in [-0.2, 0) is 11.8 Å². The van der Waals surface area contributed by atoms with Crippen molar-refractivity contribution in [1.82, 2.24) is 9.55 Å². The van der Waals surface area contributed by atoms with Gasteiger partial charge in [0.05, 0.1) is 6.42 Å². The van der Waals surface area contributed by atoms with Crippen molar-refractivity contribution in [2.24, 2.45) is 7.05 Å². The molecular weight excluding hydrogens is 252 g/mol. The van der Waals surface area contributed by atoms with Crippen molar-refractivity contribution in [2.45, 2.75) is 32.2 Å². The molecular formula is C11H16N4O4. The van der Waals surface area contributed by atoms with Crippen LogP contribution in [0.25, 0.3) is 0 Å². The van der Waals surface area contributed by atoms with Crippen molar-refractivity contribution < 1.29 is 14.8 Å². The van der Waals surface area contributed by atoms with Crippen molar-refractivity contribution in [1.29, 1.82) is 0 Å². The summed E-state index contributed by atoms with van der Waals surface area (Å²) in [5, 5.41) is 20.0. The van der Waals surface area contributed by atoms with Crippen LogP contribution in [-0.4, -0.2) is 38.1 Å². The summed E-state index contributed by atoms with van der Waals surface area (Å²) in [6, 6.07) is -0.203. The molecule has 8 nitrogen and oxygen atoms in total. The van der Waals surface area contributed by atoms with Crippen molar-refractivity contribution >= 4 is 17.6 Å². The zero-order valence-electron chi connectivity index (χ0n) is 10.9. The molecule has 1 aromatic heterocycles. The highest BCUT2D eigenvalue weighted by Crippen LogP contribution is 2.34. The molecule has 1 aliphatic heterocycles. The smallest absolute Gasteiger partial charge is 0.406 e. The maximum absolute atomic E-state index is 11.1. The Bertz CT molecular complexity index is 525. The van der Waals surface area contributed by atoms with E-state index in [0.717, 1.165) is 12.8 Å². The molecule has 104 valence electrons. The Morgan fingerprint density at radius 1 is 1.63 bits per heavy atom. The maximum atomic E-state index is 11.1. The number of anilines is 1. The van der Waals surface area contributed by atoms with E-state index in [1.807, 2.05) is 0 Å². The van der Waals surface area contributed by atoms with Crippen LogP contribution in [0, 0.1) is 17.0 Å². The molecule has 2 heterocycles. The van der Waals surface area contributed by atoms with Crippen LogP contribution in [0.5, 0.6) is 0 Å². The summed E-state index contributed by atoms with van der Waals surface area (Å²) in [5.41, 5.74) is 0. The van der Waals surface area contributed by atoms with Gasteiger partial charge in [-0.2, -0.15) is 0 Å². The summed E-state index contributed by atoms with van der Waals surface area (Å²) in [7, 11) is 1.71. The second-order valence-corrected chi connectivity index (χ2v) is 4.71. The number of rotatable bonds is 4. The number of hydrogen-bond acceptors (Lipinski definition) is 5. The van der Waals surface area contributed by atoms with Crippen molar-refractivity contribution in [3.63, 3.8) is 0 Å². The van der Waals surface area contributed by atoms with Gasteiger partial charge in [0.1, 0.15) is 0 Å². The van der Waals surface area contributed by atoms with Crippen LogP contribution >= 0.6 is 0 Å². The molecule has 0 aliphatic carbocycles. The fourth-order valence-electron chi connectivity index (χ4n) is 2.55. The van der Waals surface area contributed by atoms with Crippen LogP contribution in [0.1, 0.15) is 25.1 Å². The summed E-state index contributed by atoms with van der Waals surface area (Å²) in [4.78, 5) is 27.1. The molecule has 1 fully saturated rings. The van der Waals surface area contributed by atoms with Gasteiger partial charge in [-0.15, -0.1) is 0 Å². The molecule has 1 atom stereocenters. The fourth-order valence-corrected chi connectivity index (χ4v) is 2.55. The van der Waals surface area contributed by atoms with Crippen molar-refractivity contribution in [2.75, 3.05) is 11.4 Å². The number of nitrogens with zero attached hydrogens (tertiary/aromatic N) is 4. The molecule has 2 rings (SSSR count). The number of imidazole rings is 1. The Balaban J connectivity index is 2.40. The van der Waals surface area contributed by atoms with E-state index in [-0.39, 0.29) is 18.3 Å². The highest BCUT2D eigenvalue weighted by molar-refractivity contribution is 5.69. The van der Waals surface area contributed by atoms with E-state index in [2.05, 4.69) is 4.98 Å². The number of carboxylic acid groups (broad SMARTS) is 1. The molecule has 1 aromatic rings. The number of aliphatic carboxylic acids is 1. The minimum absolute atomic E-state index is 0.0125. The molecule has 1 unspecified atom stereocenters.